The largest absolute Gasteiger partial charge is 0.495 e. The SMILES string of the molecule is CCCCCCCCCCOc1ccc(OC)c(N)c1. The van der Waals surface area contributed by atoms with E-state index in [1.807, 2.05) is 18.2 Å². The van der Waals surface area contributed by atoms with Gasteiger partial charge in [-0.3, -0.25) is 0 Å². The number of unbranched alkanes of at least 4 members (excludes halogenated alkanes) is 7. The molecule has 0 atom stereocenters. The monoisotopic (exact) mass is 279 g/mol. The fourth-order valence-electron chi connectivity index (χ4n) is 2.23. The number of methoxy groups -OCH3 is 1. The highest BCUT2D eigenvalue weighted by molar-refractivity contribution is 5.56. The maximum Gasteiger partial charge on any atom is 0.142 e. The Morgan fingerprint density at radius 1 is 0.950 bits per heavy atom. The summed E-state index contributed by atoms with van der Waals surface area (Å²) in [5.41, 5.74) is 6.46. The van der Waals surface area contributed by atoms with Crippen molar-refractivity contribution in [2.24, 2.45) is 0 Å². The van der Waals surface area contributed by atoms with Crippen LogP contribution in [0, 0.1) is 0 Å². The summed E-state index contributed by atoms with van der Waals surface area (Å²) in [5, 5.41) is 0. The zero-order valence-electron chi connectivity index (χ0n) is 13.0. The summed E-state index contributed by atoms with van der Waals surface area (Å²) in [6.45, 7) is 3.02. The van der Waals surface area contributed by atoms with E-state index in [1.54, 1.807) is 7.11 Å². The van der Waals surface area contributed by atoms with Crippen LogP contribution in [0.5, 0.6) is 11.5 Å². The first-order valence-corrected chi connectivity index (χ1v) is 7.84. The van der Waals surface area contributed by atoms with Crippen LogP contribution in [0.25, 0.3) is 0 Å². The van der Waals surface area contributed by atoms with Crippen LogP contribution in [0.1, 0.15) is 58.3 Å². The second kappa shape index (κ2) is 10.4. The lowest BCUT2D eigenvalue weighted by Crippen LogP contribution is -1.99. The van der Waals surface area contributed by atoms with Crippen molar-refractivity contribution in [3.63, 3.8) is 0 Å². The molecular formula is C17H29NO2. The summed E-state index contributed by atoms with van der Waals surface area (Å²) in [6, 6.07) is 5.57. The summed E-state index contributed by atoms with van der Waals surface area (Å²) in [4.78, 5) is 0. The highest BCUT2D eigenvalue weighted by atomic mass is 16.5. The molecule has 0 aromatic heterocycles. The Hall–Kier alpha value is -1.38. The van der Waals surface area contributed by atoms with Gasteiger partial charge in [0.2, 0.25) is 0 Å². The first-order valence-electron chi connectivity index (χ1n) is 7.84. The molecule has 0 aliphatic rings. The molecule has 0 saturated heterocycles. The molecule has 1 aromatic rings. The van der Waals surface area contributed by atoms with Crippen LogP contribution in [0.2, 0.25) is 0 Å². The van der Waals surface area contributed by atoms with Gasteiger partial charge in [0.15, 0.2) is 0 Å². The fourth-order valence-corrected chi connectivity index (χ4v) is 2.23. The maximum absolute atomic E-state index is 5.84. The van der Waals surface area contributed by atoms with Gasteiger partial charge in [-0.2, -0.15) is 0 Å². The molecule has 114 valence electrons. The van der Waals surface area contributed by atoms with Crippen molar-refractivity contribution in [3.8, 4) is 11.5 Å². The van der Waals surface area contributed by atoms with Gasteiger partial charge in [-0.05, 0) is 18.6 Å². The Bertz CT molecular complexity index is 366. The van der Waals surface area contributed by atoms with Gasteiger partial charge in [-0.15, -0.1) is 0 Å². The molecule has 3 heteroatoms. The van der Waals surface area contributed by atoms with Crippen LogP contribution >= 0.6 is 0 Å². The lowest BCUT2D eigenvalue weighted by molar-refractivity contribution is 0.304. The number of nitrogens with two attached hydrogens (primary N) is 1. The molecule has 0 radical (unpaired) electrons. The second-order valence-electron chi connectivity index (χ2n) is 5.23. The molecule has 2 N–H and O–H groups in total. The van der Waals surface area contributed by atoms with Gasteiger partial charge in [0.25, 0.3) is 0 Å². The quantitative estimate of drug-likeness (QED) is 0.467. The minimum atomic E-state index is 0.626. The van der Waals surface area contributed by atoms with E-state index >= 15 is 0 Å². The van der Waals surface area contributed by atoms with E-state index in [4.69, 9.17) is 15.2 Å². The third-order valence-corrected chi connectivity index (χ3v) is 3.47. The number of anilines is 1. The molecule has 0 bridgehead atoms. The Kier molecular flexibility index (Phi) is 8.68. The second-order valence-corrected chi connectivity index (χ2v) is 5.23. The molecule has 0 unspecified atom stereocenters. The van der Waals surface area contributed by atoms with Crippen molar-refractivity contribution in [2.45, 2.75) is 58.3 Å². The van der Waals surface area contributed by atoms with E-state index in [0.717, 1.165) is 18.8 Å². The van der Waals surface area contributed by atoms with Crippen LogP contribution < -0.4 is 15.2 Å². The first-order chi connectivity index (χ1) is 9.77. The van der Waals surface area contributed by atoms with Crippen molar-refractivity contribution in [2.75, 3.05) is 19.5 Å². The Labute approximate surface area is 123 Å². The summed E-state index contributed by atoms with van der Waals surface area (Å²) >= 11 is 0. The third-order valence-electron chi connectivity index (χ3n) is 3.47. The van der Waals surface area contributed by atoms with Crippen LogP contribution in [0.15, 0.2) is 18.2 Å². The summed E-state index contributed by atoms with van der Waals surface area (Å²) < 4.78 is 10.8. The molecule has 20 heavy (non-hydrogen) atoms. The molecule has 0 amide bonds. The fraction of sp³-hybridized carbons (Fsp3) is 0.647. The Morgan fingerprint density at radius 2 is 1.60 bits per heavy atom. The van der Waals surface area contributed by atoms with Crippen molar-refractivity contribution in [1.29, 1.82) is 0 Å². The first kappa shape index (κ1) is 16.7. The van der Waals surface area contributed by atoms with Gasteiger partial charge in [0.05, 0.1) is 19.4 Å². The molecule has 0 fully saturated rings. The zero-order chi connectivity index (χ0) is 14.6. The van der Waals surface area contributed by atoms with E-state index < -0.39 is 0 Å². The van der Waals surface area contributed by atoms with Gasteiger partial charge in [0, 0.05) is 6.07 Å². The summed E-state index contributed by atoms with van der Waals surface area (Å²) in [7, 11) is 1.62. The van der Waals surface area contributed by atoms with Gasteiger partial charge in [0.1, 0.15) is 11.5 Å². The molecule has 1 rings (SSSR count). The van der Waals surface area contributed by atoms with E-state index in [-0.39, 0.29) is 0 Å². The Balaban J connectivity index is 2.05. The van der Waals surface area contributed by atoms with Crippen LogP contribution in [-0.4, -0.2) is 13.7 Å². The number of hydrogen-bond acceptors (Lipinski definition) is 3. The average Bonchev–Trinajstić information content (AvgIpc) is 2.46. The predicted octanol–water partition coefficient (Wildman–Crippen LogP) is 4.80. The topological polar surface area (TPSA) is 44.5 Å². The van der Waals surface area contributed by atoms with Crippen molar-refractivity contribution >= 4 is 5.69 Å². The van der Waals surface area contributed by atoms with Gasteiger partial charge >= 0.3 is 0 Å². The van der Waals surface area contributed by atoms with Crippen LogP contribution in [0.3, 0.4) is 0 Å². The van der Waals surface area contributed by atoms with E-state index in [2.05, 4.69) is 6.92 Å². The van der Waals surface area contributed by atoms with E-state index in [9.17, 15) is 0 Å². The molecule has 1 aromatic carbocycles. The molecule has 0 aliphatic heterocycles. The molecule has 0 spiro atoms. The van der Waals surface area contributed by atoms with Gasteiger partial charge < -0.3 is 15.2 Å². The predicted molar refractivity (Wildman–Crippen MR) is 85.5 cm³/mol. The third kappa shape index (κ3) is 6.69. The smallest absolute Gasteiger partial charge is 0.142 e. The molecule has 0 heterocycles. The minimum Gasteiger partial charge on any atom is -0.495 e. The Morgan fingerprint density at radius 3 is 2.20 bits per heavy atom. The zero-order valence-corrected chi connectivity index (χ0v) is 13.0. The lowest BCUT2D eigenvalue weighted by atomic mass is 10.1. The number of hydrogen-bond donors (Lipinski definition) is 1. The minimum absolute atomic E-state index is 0.626. The highest BCUT2D eigenvalue weighted by Crippen LogP contribution is 2.26. The van der Waals surface area contributed by atoms with Gasteiger partial charge in [-0.1, -0.05) is 51.9 Å². The van der Waals surface area contributed by atoms with Crippen LogP contribution in [-0.2, 0) is 0 Å². The van der Waals surface area contributed by atoms with Crippen molar-refractivity contribution in [1.82, 2.24) is 0 Å². The number of ether oxygens (including phenoxy) is 2. The average molecular weight is 279 g/mol. The highest BCUT2D eigenvalue weighted by Gasteiger charge is 2.01. The standard InChI is InChI=1S/C17H29NO2/c1-3-4-5-6-7-8-9-10-13-20-15-11-12-17(19-2)16(18)14-15/h11-12,14H,3-10,13,18H2,1-2H3. The molecule has 3 nitrogen and oxygen atoms in total. The van der Waals surface area contributed by atoms with Crippen molar-refractivity contribution < 1.29 is 9.47 Å². The number of nitrogen functional groups attached to an aromatic ring is 1. The van der Waals surface area contributed by atoms with E-state index in [0.29, 0.717) is 11.4 Å². The number of rotatable bonds is 11. The molecule has 0 saturated carbocycles. The normalized spacial score (nSPS) is 10.5. The van der Waals surface area contributed by atoms with E-state index in [1.165, 1.54) is 44.9 Å². The van der Waals surface area contributed by atoms with Gasteiger partial charge in [-0.25, -0.2) is 0 Å². The summed E-state index contributed by atoms with van der Waals surface area (Å²) in [5.74, 6) is 1.52. The van der Waals surface area contributed by atoms with Crippen molar-refractivity contribution in [3.05, 3.63) is 18.2 Å². The lowest BCUT2D eigenvalue weighted by Gasteiger charge is -2.09. The summed E-state index contributed by atoms with van der Waals surface area (Å²) in [6.07, 6.45) is 10.5. The molecule has 0 aliphatic carbocycles. The van der Waals surface area contributed by atoms with Crippen LogP contribution in [0.4, 0.5) is 5.69 Å². The maximum atomic E-state index is 5.84. The molecular weight excluding hydrogens is 250 g/mol. The number of benzene rings is 1.